The van der Waals surface area contributed by atoms with Crippen molar-refractivity contribution in [2.45, 2.75) is 26.9 Å². The van der Waals surface area contributed by atoms with Crippen LogP contribution in [0.1, 0.15) is 19.4 Å². The van der Waals surface area contributed by atoms with E-state index in [2.05, 4.69) is 29.2 Å². The van der Waals surface area contributed by atoms with Crippen molar-refractivity contribution in [3.63, 3.8) is 0 Å². The van der Waals surface area contributed by atoms with E-state index in [0.717, 1.165) is 28.1 Å². The molecule has 0 fully saturated rings. The molecule has 0 spiro atoms. The molecule has 0 aliphatic heterocycles. The first-order valence-corrected chi connectivity index (χ1v) is 11.8. The van der Waals surface area contributed by atoms with E-state index < -0.39 is 0 Å². The quantitative estimate of drug-likeness (QED) is 0.345. The van der Waals surface area contributed by atoms with Gasteiger partial charge in [-0.3, -0.25) is 9.13 Å². The number of nitrogens with one attached hydrogen (secondary N) is 1. The third-order valence-corrected chi connectivity index (χ3v) is 6.24. The average molecular weight is 487 g/mol. The molecular formula is C25H26N8OS. The zero-order chi connectivity index (χ0) is 24.5. The largest absolute Gasteiger partial charge is 0.340 e. The number of fused-ring (bicyclic) bond motifs is 1. The molecule has 35 heavy (non-hydrogen) atoms. The Bertz CT molecular complexity index is 1580. The maximum Gasteiger partial charge on any atom is 0.330 e. The van der Waals surface area contributed by atoms with Gasteiger partial charge in [0, 0.05) is 19.3 Å². The second-order valence-corrected chi connectivity index (χ2v) is 9.24. The van der Waals surface area contributed by atoms with E-state index in [1.807, 2.05) is 59.3 Å². The van der Waals surface area contributed by atoms with Gasteiger partial charge in [0.15, 0.2) is 5.65 Å². The highest BCUT2D eigenvalue weighted by molar-refractivity contribution is 7.71. The second-order valence-electron chi connectivity index (χ2n) is 8.85. The zero-order valence-corrected chi connectivity index (χ0v) is 20.6. The number of hydrogen-bond acceptors (Lipinski definition) is 6. The molecule has 2 aromatic carbocycles. The van der Waals surface area contributed by atoms with Crippen molar-refractivity contribution in [2.24, 2.45) is 13.0 Å². The molecule has 9 nitrogen and oxygen atoms in total. The number of nitrogens with zero attached hydrogens (tertiary/aromatic N) is 7. The van der Waals surface area contributed by atoms with Gasteiger partial charge >= 0.3 is 5.69 Å². The first-order valence-electron chi connectivity index (χ1n) is 11.4. The number of para-hydroxylation sites is 1. The standard InChI is InChI=1S/C25H26N8OS/c1-17(2)13-31-23-21(24(35)30(3)25(31)34)22(28-19-7-5-4-6-8-19)32(29-23)14-18-9-11-20(12-10-18)33-16-26-15-27-33/h4-12,15-17,28H,13-14H2,1-3H3. The summed E-state index contributed by atoms with van der Waals surface area (Å²) in [7, 11) is 1.72. The van der Waals surface area contributed by atoms with Crippen LogP contribution in [-0.2, 0) is 20.1 Å². The highest BCUT2D eigenvalue weighted by Crippen LogP contribution is 2.28. The molecule has 178 valence electrons. The third-order valence-electron chi connectivity index (χ3n) is 5.76. The van der Waals surface area contributed by atoms with Gasteiger partial charge < -0.3 is 5.32 Å². The van der Waals surface area contributed by atoms with Gasteiger partial charge in [-0.2, -0.15) is 10.2 Å². The normalized spacial score (nSPS) is 11.4. The molecule has 0 atom stereocenters. The molecule has 0 saturated heterocycles. The lowest BCUT2D eigenvalue weighted by atomic mass is 10.2. The Kier molecular flexibility index (Phi) is 6.04. The topological polar surface area (TPSA) is 87.5 Å². The average Bonchev–Trinajstić information content (AvgIpc) is 3.51. The summed E-state index contributed by atoms with van der Waals surface area (Å²) >= 11 is 5.74. The van der Waals surface area contributed by atoms with Gasteiger partial charge in [0.05, 0.1) is 17.6 Å². The van der Waals surface area contributed by atoms with E-state index >= 15 is 0 Å². The van der Waals surface area contributed by atoms with Gasteiger partial charge in [-0.15, -0.1) is 0 Å². The number of hydrogen-bond donors (Lipinski definition) is 1. The maximum absolute atomic E-state index is 13.1. The summed E-state index contributed by atoms with van der Waals surface area (Å²) < 4.78 is 7.29. The summed E-state index contributed by atoms with van der Waals surface area (Å²) in [6.07, 6.45) is 3.17. The molecular weight excluding hydrogens is 460 g/mol. The van der Waals surface area contributed by atoms with Crippen molar-refractivity contribution in [1.29, 1.82) is 0 Å². The minimum Gasteiger partial charge on any atom is -0.340 e. The van der Waals surface area contributed by atoms with Crippen LogP contribution in [0.4, 0.5) is 11.5 Å². The van der Waals surface area contributed by atoms with E-state index in [4.69, 9.17) is 17.3 Å². The van der Waals surface area contributed by atoms with Gasteiger partial charge in [0.25, 0.3) is 0 Å². The fourth-order valence-corrected chi connectivity index (χ4v) is 4.33. The molecule has 0 unspecified atom stereocenters. The molecule has 0 radical (unpaired) electrons. The summed E-state index contributed by atoms with van der Waals surface area (Å²) in [5.41, 5.74) is 3.31. The predicted octanol–water partition coefficient (Wildman–Crippen LogP) is 4.29. The van der Waals surface area contributed by atoms with Gasteiger partial charge in [-0.05, 0) is 35.7 Å². The monoisotopic (exact) mass is 486 g/mol. The van der Waals surface area contributed by atoms with Crippen LogP contribution in [0.2, 0.25) is 0 Å². The Morgan fingerprint density at radius 3 is 2.46 bits per heavy atom. The molecule has 0 saturated carbocycles. The number of rotatable bonds is 7. The fourth-order valence-electron chi connectivity index (χ4n) is 4.06. The maximum atomic E-state index is 13.1. The van der Waals surface area contributed by atoms with Crippen LogP contribution in [-0.4, -0.2) is 33.7 Å². The number of benzene rings is 2. The van der Waals surface area contributed by atoms with Crippen LogP contribution >= 0.6 is 12.2 Å². The molecule has 3 aromatic heterocycles. The highest BCUT2D eigenvalue weighted by Gasteiger charge is 2.20. The van der Waals surface area contributed by atoms with Crippen LogP contribution in [0.3, 0.4) is 0 Å². The Balaban J connectivity index is 1.65. The predicted molar refractivity (Wildman–Crippen MR) is 139 cm³/mol. The van der Waals surface area contributed by atoms with E-state index in [1.165, 1.54) is 10.9 Å². The Morgan fingerprint density at radius 2 is 1.80 bits per heavy atom. The van der Waals surface area contributed by atoms with Gasteiger partial charge in [-0.25, -0.2) is 19.1 Å². The smallest absolute Gasteiger partial charge is 0.330 e. The van der Waals surface area contributed by atoms with Gasteiger partial charge in [0.1, 0.15) is 23.1 Å². The fraction of sp³-hybridized carbons (Fsp3) is 0.240. The molecule has 3 heterocycles. The molecule has 5 aromatic rings. The van der Waals surface area contributed by atoms with E-state index in [9.17, 15) is 4.79 Å². The van der Waals surface area contributed by atoms with Crippen LogP contribution in [0, 0.1) is 10.6 Å². The minimum absolute atomic E-state index is 0.163. The van der Waals surface area contributed by atoms with Crippen molar-refractivity contribution >= 4 is 34.8 Å². The Hall–Kier alpha value is -4.05. The lowest BCUT2D eigenvalue weighted by molar-refractivity contribution is 0.499. The molecule has 0 aliphatic rings. The van der Waals surface area contributed by atoms with Crippen molar-refractivity contribution in [1.82, 2.24) is 33.7 Å². The summed E-state index contributed by atoms with van der Waals surface area (Å²) in [5, 5.41) is 13.3. The molecule has 0 aliphatic carbocycles. The number of aromatic nitrogens is 7. The lowest BCUT2D eigenvalue weighted by Crippen LogP contribution is -2.31. The van der Waals surface area contributed by atoms with Crippen molar-refractivity contribution in [3.8, 4) is 5.69 Å². The molecule has 0 amide bonds. The van der Waals surface area contributed by atoms with Crippen molar-refractivity contribution in [2.75, 3.05) is 5.32 Å². The summed E-state index contributed by atoms with van der Waals surface area (Å²) in [6, 6.07) is 17.9. The van der Waals surface area contributed by atoms with Crippen LogP contribution < -0.4 is 11.0 Å². The summed E-state index contributed by atoms with van der Waals surface area (Å²) in [6.45, 7) is 5.20. The van der Waals surface area contributed by atoms with Crippen molar-refractivity contribution in [3.05, 3.63) is 87.9 Å². The van der Waals surface area contributed by atoms with Crippen molar-refractivity contribution < 1.29 is 0 Å². The van der Waals surface area contributed by atoms with Gasteiger partial charge in [-0.1, -0.05) is 56.4 Å². The lowest BCUT2D eigenvalue weighted by Gasteiger charge is -2.12. The first kappa shape index (κ1) is 22.7. The Labute approximate surface area is 207 Å². The van der Waals surface area contributed by atoms with E-state index in [1.54, 1.807) is 22.6 Å². The SMILES string of the molecule is CC(C)Cn1c(=O)n(C)c(=S)c2c(Nc3ccccc3)n(Cc3ccc(-n4cncn4)cc3)nc21. The van der Waals surface area contributed by atoms with E-state index in [-0.39, 0.29) is 11.6 Å². The Morgan fingerprint density at radius 1 is 1.06 bits per heavy atom. The summed E-state index contributed by atoms with van der Waals surface area (Å²) in [4.78, 5) is 17.1. The number of anilines is 2. The highest BCUT2D eigenvalue weighted by atomic mass is 32.1. The first-order chi connectivity index (χ1) is 16.9. The second kappa shape index (κ2) is 9.30. The summed E-state index contributed by atoms with van der Waals surface area (Å²) in [5.74, 6) is 1.02. The molecule has 5 rings (SSSR count). The molecule has 0 bridgehead atoms. The minimum atomic E-state index is -0.163. The van der Waals surface area contributed by atoms with Crippen LogP contribution in [0.25, 0.3) is 16.7 Å². The van der Waals surface area contributed by atoms with Crippen LogP contribution in [0.5, 0.6) is 0 Å². The molecule has 10 heteroatoms. The van der Waals surface area contributed by atoms with E-state index in [0.29, 0.717) is 23.4 Å². The van der Waals surface area contributed by atoms with Crippen LogP contribution in [0.15, 0.2) is 72.0 Å². The van der Waals surface area contributed by atoms with Gasteiger partial charge in [0.2, 0.25) is 0 Å². The molecule has 1 N–H and O–H groups in total. The third kappa shape index (κ3) is 4.40. The zero-order valence-electron chi connectivity index (χ0n) is 19.8.